The average molecular weight is 846 g/mol. The number of allylic oxidation sites excluding steroid dienone is 1. The lowest BCUT2D eigenvalue weighted by Gasteiger charge is -2.45. The first-order chi connectivity index (χ1) is 30.0. The van der Waals surface area contributed by atoms with E-state index in [9.17, 15) is 24.4 Å². The third kappa shape index (κ3) is 9.25. The number of halogens is 1. The fraction of sp³-hybridized carbons (Fsp3) is 0.489. The molecule has 8 rings (SSSR count). The molecule has 0 bridgehead atoms. The van der Waals surface area contributed by atoms with Crippen molar-refractivity contribution in [2.24, 2.45) is 17.8 Å². The molecule has 1 unspecified atom stereocenters. The summed E-state index contributed by atoms with van der Waals surface area (Å²) in [6, 6.07) is 14.8. The van der Waals surface area contributed by atoms with E-state index in [1.165, 1.54) is 6.07 Å². The second-order valence-corrected chi connectivity index (χ2v) is 17.5. The predicted molar refractivity (Wildman–Crippen MR) is 235 cm³/mol. The number of carbonyl (C=O) groups excluding carboxylic acids is 4. The number of nitriles is 1. The average Bonchev–Trinajstić information content (AvgIpc) is 3.28. The summed E-state index contributed by atoms with van der Waals surface area (Å²) in [5.41, 5.74) is 3.96. The first-order valence-corrected chi connectivity index (χ1v) is 22.0. The summed E-state index contributed by atoms with van der Waals surface area (Å²) in [6.45, 7) is 11.2. The highest BCUT2D eigenvalue weighted by atomic mass is 19.1. The van der Waals surface area contributed by atoms with Crippen LogP contribution in [0.15, 0.2) is 60.8 Å². The molecule has 62 heavy (non-hydrogen) atoms. The Morgan fingerprint density at radius 1 is 0.919 bits per heavy atom. The van der Waals surface area contributed by atoms with Crippen molar-refractivity contribution >= 4 is 46.5 Å². The highest BCUT2D eigenvalue weighted by molar-refractivity contribution is 6.02. The second-order valence-electron chi connectivity index (χ2n) is 17.5. The number of ketones is 1. The zero-order chi connectivity index (χ0) is 43.5. The lowest BCUT2D eigenvalue weighted by Crippen LogP contribution is -2.59. The minimum atomic E-state index is -0.430. The van der Waals surface area contributed by atoms with Gasteiger partial charge in [-0.1, -0.05) is 12.2 Å². The van der Waals surface area contributed by atoms with Gasteiger partial charge in [0, 0.05) is 101 Å². The van der Waals surface area contributed by atoms with Crippen molar-refractivity contribution in [3.63, 3.8) is 0 Å². The molecular formula is C47H56FN9O5. The number of piperazine rings is 2. The standard InChI is InChI=1S/C47H56FN9O5/c1-30-28-57(31(2)27-56(30)38-11-8-36(25-49)42(23-38)62-3)47(61)51-37-10-12-43(50-26-37)55-16-14-32(15-17-55)29-53-18-20-54(21-19-53)41-22-35-7-5-33(45(59)39(35)24-40(41)48)4-6-34-9-13-44(58)52-46(34)60/h4,6,8,10-12,22-24,26,30-34H,5,7,9,13-21,27-29H2,1-3H3,(H,51,61)(H,52,58,60)/b6-4+/t30-,31+,33?,34-/m0/s1. The van der Waals surface area contributed by atoms with E-state index in [4.69, 9.17) is 9.72 Å². The summed E-state index contributed by atoms with van der Waals surface area (Å²) in [4.78, 5) is 66.1. The maximum Gasteiger partial charge on any atom is 0.322 e. The number of methoxy groups -OCH3 is 1. The fourth-order valence-corrected chi connectivity index (χ4v) is 9.71. The Morgan fingerprint density at radius 3 is 2.39 bits per heavy atom. The number of anilines is 4. The van der Waals surface area contributed by atoms with Crippen molar-refractivity contribution in [1.82, 2.24) is 20.1 Å². The molecule has 4 aliphatic heterocycles. The van der Waals surface area contributed by atoms with E-state index in [-0.39, 0.29) is 48.0 Å². The largest absolute Gasteiger partial charge is 0.495 e. The quantitative estimate of drug-likeness (QED) is 0.204. The fourth-order valence-electron chi connectivity index (χ4n) is 9.71. The molecule has 2 N–H and O–H groups in total. The number of aromatic nitrogens is 1. The third-order valence-electron chi connectivity index (χ3n) is 13.4. The van der Waals surface area contributed by atoms with Gasteiger partial charge < -0.3 is 29.7 Å². The van der Waals surface area contributed by atoms with Crippen molar-refractivity contribution in [3.8, 4) is 11.8 Å². The van der Waals surface area contributed by atoms with Crippen molar-refractivity contribution < 1.29 is 28.3 Å². The highest BCUT2D eigenvalue weighted by Gasteiger charge is 2.34. The summed E-state index contributed by atoms with van der Waals surface area (Å²) >= 11 is 0. The zero-order valence-electron chi connectivity index (χ0n) is 35.8. The number of amides is 4. The summed E-state index contributed by atoms with van der Waals surface area (Å²) in [7, 11) is 1.56. The normalized spacial score (nSPS) is 23.9. The van der Waals surface area contributed by atoms with Crippen LogP contribution in [0.3, 0.4) is 0 Å². The smallest absolute Gasteiger partial charge is 0.322 e. The van der Waals surface area contributed by atoms with E-state index in [0.717, 1.165) is 75.7 Å². The lowest BCUT2D eigenvalue weighted by atomic mass is 9.81. The Hall–Kier alpha value is -6.01. The molecule has 326 valence electrons. The molecule has 5 heterocycles. The Balaban J connectivity index is 0.770. The van der Waals surface area contributed by atoms with E-state index in [1.54, 1.807) is 31.5 Å². The van der Waals surface area contributed by atoms with Crippen molar-refractivity contribution in [1.29, 1.82) is 5.26 Å². The molecule has 0 spiro atoms. The maximum atomic E-state index is 15.6. The minimum Gasteiger partial charge on any atom is -0.495 e. The van der Waals surface area contributed by atoms with E-state index < -0.39 is 11.8 Å². The van der Waals surface area contributed by atoms with Gasteiger partial charge in [-0.05, 0) is 93.8 Å². The number of fused-ring (bicyclic) bond motifs is 1. The number of aryl methyl sites for hydroxylation is 1. The van der Waals surface area contributed by atoms with Crippen LogP contribution in [0.1, 0.15) is 67.4 Å². The number of ether oxygens (including phenoxy) is 1. The van der Waals surface area contributed by atoms with Gasteiger partial charge in [-0.25, -0.2) is 14.2 Å². The van der Waals surface area contributed by atoms with E-state index in [1.807, 2.05) is 42.2 Å². The highest BCUT2D eigenvalue weighted by Crippen LogP contribution is 2.34. The number of hydrogen-bond acceptors (Lipinski definition) is 11. The number of urea groups is 1. The second kappa shape index (κ2) is 18.5. The molecule has 5 aliphatic rings. The molecule has 4 fully saturated rings. The van der Waals surface area contributed by atoms with Crippen LogP contribution in [0, 0.1) is 34.9 Å². The van der Waals surface area contributed by atoms with Gasteiger partial charge in [-0.3, -0.25) is 24.6 Å². The van der Waals surface area contributed by atoms with Gasteiger partial charge in [0.15, 0.2) is 5.78 Å². The van der Waals surface area contributed by atoms with E-state index in [0.29, 0.717) is 66.5 Å². The molecule has 2 aromatic carbocycles. The number of hydrogen-bond donors (Lipinski definition) is 2. The zero-order valence-corrected chi connectivity index (χ0v) is 35.8. The van der Waals surface area contributed by atoms with Crippen LogP contribution in [0.4, 0.5) is 32.1 Å². The molecule has 15 heteroatoms. The van der Waals surface area contributed by atoms with Crippen LogP contribution in [-0.2, 0) is 16.0 Å². The van der Waals surface area contributed by atoms with E-state index >= 15 is 4.39 Å². The number of Topliss-reactive ketones (excluding diaryl/α,β-unsaturated/α-hetero) is 1. The van der Waals surface area contributed by atoms with Crippen LogP contribution >= 0.6 is 0 Å². The minimum absolute atomic E-state index is 0.0456. The van der Waals surface area contributed by atoms with Crippen LogP contribution in [0.25, 0.3) is 0 Å². The number of carbonyl (C=O) groups is 4. The van der Waals surface area contributed by atoms with Gasteiger partial charge in [0.25, 0.3) is 0 Å². The molecule has 1 aliphatic carbocycles. The third-order valence-corrected chi connectivity index (χ3v) is 13.4. The molecule has 3 aromatic rings. The van der Waals surface area contributed by atoms with Crippen LogP contribution in [-0.4, -0.2) is 117 Å². The van der Waals surface area contributed by atoms with Gasteiger partial charge in [0.05, 0.1) is 36.2 Å². The molecule has 0 saturated carbocycles. The number of piperidine rings is 2. The number of imide groups is 1. The molecule has 4 atom stereocenters. The topological polar surface area (TPSA) is 154 Å². The van der Waals surface area contributed by atoms with Crippen LogP contribution < -0.4 is 30.1 Å². The van der Waals surface area contributed by atoms with Crippen molar-refractivity contribution in [2.75, 3.05) is 86.0 Å². The summed E-state index contributed by atoms with van der Waals surface area (Å²) < 4.78 is 21.0. The van der Waals surface area contributed by atoms with Crippen molar-refractivity contribution in [3.05, 3.63) is 83.3 Å². The van der Waals surface area contributed by atoms with Gasteiger partial charge >= 0.3 is 6.03 Å². The monoisotopic (exact) mass is 845 g/mol. The Morgan fingerprint density at radius 2 is 1.68 bits per heavy atom. The SMILES string of the molecule is COc1cc(N2C[C@@H](C)N(C(=O)Nc3ccc(N4CCC(CN5CCN(c6cc7c(cc6F)C(=O)C(/C=C/[C@H]6CCC(=O)NC6=O)CC7)CC5)CC4)nc3)C[C@@H]2C)ccc1C#N. The number of rotatable bonds is 9. The Labute approximate surface area is 362 Å². The molecule has 14 nitrogen and oxygen atoms in total. The van der Waals surface area contributed by atoms with E-state index in [2.05, 4.69) is 43.2 Å². The first kappa shape index (κ1) is 42.7. The van der Waals surface area contributed by atoms with Gasteiger partial charge in [-0.15, -0.1) is 0 Å². The number of benzene rings is 2. The Kier molecular flexibility index (Phi) is 12.8. The predicted octanol–water partition coefficient (Wildman–Crippen LogP) is 5.62. The lowest BCUT2D eigenvalue weighted by molar-refractivity contribution is -0.135. The van der Waals surface area contributed by atoms with Gasteiger partial charge in [0.1, 0.15) is 23.5 Å². The summed E-state index contributed by atoms with van der Waals surface area (Å²) in [5, 5.41) is 14.8. The maximum absolute atomic E-state index is 15.6. The first-order valence-electron chi connectivity index (χ1n) is 22.0. The molecule has 1 aromatic heterocycles. The van der Waals surface area contributed by atoms with Crippen molar-refractivity contribution in [2.45, 2.75) is 64.5 Å². The molecule has 0 radical (unpaired) electrons. The van der Waals surface area contributed by atoms with Gasteiger partial charge in [0.2, 0.25) is 11.8 Å². The summed E-state index contributed by atoms with van der Waals surface area (Å²) in [6.07, 6.45) is 9.31. The van der Waals surface area contributed by atoms with Crippen LogP contribution in [0.2, 0.25) is 0 Å². The Bertz CT molecular complexity index is 2250. The summed E-state index contributed by atoms with van der Waals surface area (Å²) in [5.74, 6) is 0.0545. The molecule has 4 saturated heterocycles. The molecular weight excluding hydrogens is 790 g/mol. The number of pyridine rings is 1. The molecule has 4 amide bonds. The number of nitrogens with zero attached hydrogens (tertiary/aromatic N) is 7. The van der Waals surface area contributed by atoms with Crippen LogP contribution in [0.5, 0.6) is 5.75 Å². The number of nitrogens with one attached hydrogen (secondary N) is 2. The van der Waals surface area contributed by atoms with Gasteiger partial charge in [-0.2, -0.15) is 5.26 Å².